The normalized spacial score (nSPS) is 9.95. The number of amides is 1. The fourth-order valence-electron chi connectivity index (χ4n) is 1.39. The minimum Gasteiger partial charge on any atom is -0.299 e. The van der Waals surface area contributed by atoms with E-state index in [0.29, 0.717) is 5.75 Å². The van der Waals surface area contributed by atoms with E-state index >= 15 is 0 Å². The Morgan fingerprint density at radius 2 is 2.00 bits per heavy atom. The fraction of sp³-hybridized carbons (Fsp3) is 0.143. The van der Waals surface area contributed by atoms with Crippen LogP contribution in [0, 0.1) is 6.92 Å². The molecule has 0 aliphatic heterocycles. The highest BCUT2D eigenvalue weighted by atomic mass is 32.2. The molecule has 1 amide bonds. The first kappa shape index (κ1) is 13.4. The van der Waals surface area contributed by atoms with Crippen molar-refractivity contribution in [3.8, 4) is 0 Å². The molecule has 0 spiro atoms. The van der Waals surface area contributed by atoms with Crippen molar-refractivity contribution in [2.75, 3.05) is 11.2 Å². The van der Waals surface area contributed by atoms with Crippen molar-refractivity contribution in [2.24, 2.45) is 0 Å². The summed E-state index contributed by atoms with van der Waals surface area (Å²) in [6.07, 6.45) is 1.71. The molecule has 0 saturated carbocycles. The molecule has 4 nitrogen and oxygen atoms in total. The molecular weight excluding hydrogens is 258 g/mol. The molecule has 1 aromatic carbocycles. The Kier molecular flexibility index (Phi) is 4.80. The van der Waals surface area contributed by atoms with Crippen LogP contribution in [0.4, 0.5) is 5.69 Å². The van der Waals surface area contributed by atoms with E-state index in [1.807, 2.05) is 49.4 Å². The van der Waals surface area contributed by atoms with Crippen molar-refractivity contribution >= 4 is 23.4 Å². The number of pyridine rings is 1. The predicted molar refractivity (Wildman–Crippen MR) is 77.9 cm³/mol. The molecule has 0 unspecified atom stereocenters. The lowest BCUT2D eigenvalue weighted by Crippen LogP contribution is -2.30. The van der Waals surface area contributed by atoms with Gasteiger partial charge in [0.25, 0.3) is 0 Å². The number of rotatable bonds is 5. The van der Waals surface area contributed by atoms with Gasteiger partial charge in [0.15, 0.2) is 0 Å². The zero-order chi connectivity index (χ0) is 13.5. The number of thioether (sulfide) groups is 1. The molecule has 0 atom stereocenters. The molecule has 0 fully saturated rings. The first-order chi connectivity index (χ1) is 9.24. The summed E-state index contributed by atoms with van der Waals surface area (Å²) in [7, 11) is 0. The van der Waals surface area contributed by atoms with Gasteiger partial charge in [0.1, 0.15) is 0 Å². The van der Waals surface area contributed by atoms with E-state index in [2.05, 4.69) is 15.8 Å². The molecule has 2 rings (SSSR count). The number of aryl methyl sites for hydroxylation is 1. The number of benzene rings is 1. The minimum atomic E-state index is -0.0868. The monoisotopic (exact) mass is 273 g/mol. The van der Waals surface area contributed by atoms with Crippen molar-refractivity contribution in [3.63, 3.8) is 0 Å². The molecule has 2 aromatic rings. The highest BCUT2D eigenvalue weighted by Crippen LogP contribution is 2.13. The van der Waals surface area contributed by atoms with Crippen LogP contribution in [0.2, 0.25) is 0 Å². The molecule has 0 bridgehead atoms. The summed E-state index contributed by atoms with van der Waals surface area (Å²) >= 11 is 1.40. The molecule has 19 heavy (non-hydrogen) atoms. The molecule has 2 N–H and O–H groups in total. The van der Waals surface area contributed by atoms with Crippen LogP contribution in [0.25, 0.3) is 0 Å². The van der Waals surface area contributed by atoms with Crippen molar-refractivity contribution in [3.05, 3.63) is 54.2 Å². The Labute approximate surface area is 116 Å². The minimum absolute atomic E-state index is 0.0868. The molecular formula is C14H15N3OS. The first-order valence-corrected chi connectivity index (χ1v) is 6.88. The number of hydrogen-bond donors (Lipinski definition) is 2. The molecule has 1 aromatic heterocycles. The molecule has 98 valence electrons. The summed E-state index contributed by atoms with van der Waals surface area (Å²) in [4.78, 5) is 15.8. The van der Waals surface area contributed by atoms with E-state index in [-0.39, 0.29) is 5.91 Å². The molecule has 0 aliphatic rings. The topological polar surface area (TPSA) is 54.0 Å². The lowest BCUT2D eigenvalue weighted by atomic mass is 10.2. The van der Waals surface area contributed by atoms with Crippen LogP contribution in [0.15, 0.2) is 53.7 Å². The third kappa shape index (κ3) is 4.63. The van der Waals surface area contributed by atoms with E-state index in [1.165, 1.54) is 17.3 Å². The summed E-state index contributed by atoms with van der Waals surface area (Å²) in [6.45, 7) is 2.02. The zero-order valence-corrected chi connectivity index (χ0v) is 11.4. The number of carbonyl (C=O) groups is 1. The van der Waals surface area contributed by atoms with Gasteiger partial charge in [-0.05, 0) is 31.2 Å². The number of carbonyl (C=O) groups excluding carboxylic acids is 1. The van der Waals surface area contributed by atoms with Crippen LogP contribution in [0.5, 0.6) is 0 Å². The van der Waals surface area contributed by atoms with Gasteiger partial charge in [0.05, 0.1) is 16.5 Å². The Morgan fingerprint density at radius 3 is 2.68 bits per heavy atom. The smallest absolute Gasteiger partial charge is 0.248 e. The maximum absolute atomic E-state index is 11.6. The summed E-state index contributed by atoms with van der Waals surface area (Å²) in [5.74, 6) is 0.242. The molecule has 1 heterocycles. The van der Waals surface area contributed by atoms with Crippen molar-refractivity contribution in [1.82, 2.24) is 10.4 Å². The van der Waals surface area contributed by atoms with Gasteiger partial charge in [-0.3, -0.25) is 15.6 Å². The van der Waals surface area contributed by atoms with Gasteiger partial charge >= 0.3 is 0 Å². The van der Waals surface area contributed by atoms with Gasteiger partial charge in [0, 0.05) is 6.20 Å². The second-order valence-electron chi connectivity index (χ2n) is 4.00. The Hall–Kier alpha value is -2.01. The molecule has 0 aliphatic carbocycles. The van der Waals surface area contributed by atoms with Crippen LogP contribution < -0.4 is 10.9 Å². The third-order valence-electron chi connectivity index (χ3n) is 2.39. The maximum Gasteiger partial charge on any atom is 0.248 e. The van der Waals surface area contributed by atoms with Gasteiger partial charge in [0.2, 0.25) is 5.91 Å². The zero-order valence-electron chi connectivity index (χ0n) is 10.6. The standard InChI is InChI=1S/C14H15N3OS/c1-11-5-7-12(8-6-11)16-17-13(18)10-19-14-4-2-3-9-15-14/h2-9,16H,10H2,1H3,(H,17,18). The Morgan fingerprint density at radius 1 is 1.21 bits per heavy atom. The molecule has 0 saturated heterocycles. The highest BCUT2D eigenvalue weighted by molar-refractivity contribution is 7.99. The van der Waals surface area contributed by atoms with E-state index in [9.17, 15) is 4.79 Å². The fourth-order valence-corrected chi connectivity index (χ4v) is 2.05. The maximum atomic E-state index is 11.6. The number of anilines is 1. The second-order valence-corrected chi connectivity index (χ2v) is 4.99. The van der Waals surface area contributed by atoms with Gasteiger partial charge in [-0.15, -0.1) is 0 Å². The SMILES string of the molecule is Cc1ccc(NNC(=O)CSc2ccccn2)cc1. The van der Waals surface area contributed by atoms with Crippen LogP contribution in [-0.2, 0) is 4.79 Å². The third-order valence-corrected chi connectivity index (χ3v) is 3.33. The van der Waals surface area contributed by atoms with Crippen molar-refractivity contribution in [2.45, 2.75) is 11.9 Å². The van der Waals surface area contributed by atoms with Gasteiger partial charge in [-0.2, -0.15) is 0 Å². The summed E-state index contributed by atoms with van der Waals surface area (Å²) in [5.41, 5.74) is 7.57. The lowest BCUT2D eigenvalue weighted by molar-refractivity contribution is -0.118. The van der Waals surface area contributed by atoms with Gasteiger partial charge in [-0.25, -0.2) is 4.98 Å². The molecule has 5 heteroatoms. The quantitative estimate of drug-likeness (QED) is 0.649. The number of nitrogens with zero attached hydrogens (tertiary/aromatic N) is 1. The number of aromatic nitrogens is 1. The van der Waals surface area contributed by atoms with Crippen molar-refractivity contribution in [1.29, 1.82) is 0 Å². The summed E-state index contributed by atoms with van der Waals surface area (Å²) < 4.78 is 0. The number of nitrogens with one attached hydrogen (secondary N) is 2. The van der Waals surface area contributed by atoms with Crippen molar-refractivity contribution < 1.29 is 4.79 Å². The summed E-state index contributed by atoms with van der Waals surface area (Å²) in [6, 6.07) is 13.4. The first-order valence-electron chi connectivity index (χ1n) is 5.89. The van der Waals surface area contributed by atoms with Crippen LogP contribution >= 0.6 is 11.8 Å². The average Bonchev–Trinajstić information content (AvgIpc) is 2.45. The predicted octanol–water partition coefficient (Wildman–Crippen LogP) is 2.63. The van der Waals surface area contributed by atoms with Crippen LogP contribution in [0.1, 0.15) is 5.56 Å². The van der Waals surface area contributed by atoms with Gasteiger partial charge in [-0.1, -0.05) is 35.5 Å². The number of hydrazine groups is 1. The Balaban J connectivity index is 1.74. The number of hydrogen-bond acceptors (Lipinski definition) is 4. The van der Waals surface area contributed by atoms with E-state index in [4.69, 9.17) is 0 Å². The molecule has 0 radical (unpaired) electrons. The average molecular weight is 273 g/mol. The highest BCUT2D eigenvalue weighted by Gasteiger charge is 2.02. The summed E-state index contributed by atoms with van der Waals surface area (Å²) in [5, 5.41) is 0.841. The second kappa shape index (κ2) is 6.80. The van der Waals surface area contributed by atoms with E-state index in [0.717, 1.165) is 10.7 Å². The van der Waals surface area contributed by atoms with Gasteiger partial charge < -0.3 is 0 Å². The lowest BCUT2D eigenvalue weighted by Gasteiger charge is -2.08. The largest absolute Gasteiger partial charge is 0.299 e. The van der Waals surface area contributed by atoms with E-state index < -0.39 is 0 Å². The van der Waals surface area contributed by atoms with Crippen LogP contribution in [0.3, 0.4) is 0 Å². The Bertz CT molecular complexity index is 528. The van der Waals surface area contributed by atoms with E-state index in [1.54, 1.807) is 6.20 Å². The van der Waals surface area contributed by atoms with Crippen LogP contribution in [-0.4, -0.2) is 16.6 Å².